The van der Waals surface area contributed by atoms with Gasteiger partial charge in [-0.15, -0.1) is 0 Å². The number of amides is 1. The van der Waals surface area contributed by atoms with E-state index >= 15 is 0 Å². The van der Waals surface area contributed by atoms with Gasteiger partial charge in [0.05, 0.1) is 11.1 Å². The number of nitrogens with one attached hydrogen (secondary N) is 1. The standard InChI is InChI=1S/C16H17F6NO4/c1-4-11(12(24)23-14(2,3)13(25)26)27-10-6-8(15(17,18)19)5-9(7-10)16(20,21)22/h5-7,11H,4H2,1-3H3,(H,23,24)(H,25,26). The molecule has 27 heavy (non-hydrogen) atoms. The Kier molecular flexibility index (Phi) is 6.40. The summed E-state index contributed by atoms with van der Waals surface area (Å²) < 4.78 is 82.2. The van der Waals surface area contributed by atoms with Gasteiger partial charge in [0.1, 0.15) is 11.3 Å². The molecule has 0 aliphatic carbocycles. The topological polar surface area (TPSA) is 75.6 Å². The molecule has 11 heteroatoms. The number of carbonyl (C=O) groups excluding carboxylic acids is 1. The first-order valence-electron chi connectivity index (χ1n) is 7.59. The van der Waals surface area contributed by atoms with Gasteiger partial charge in [-0.3, -0.25) is 4.79 Å². The maximum absolute atomic E-state index is 12.9. The zero-order chi connectivity index (χ0) is 21.2. The van der Waals surface area contributed by atoms with E-state index in [-0.39, 0.29) is 12.5 Å². The van der Waals surface area contributed by atoms with Crippen molar-refractivity contribution >= 4 is 11.9 Å². The van der Waals surface area contributed by atoms with Crippen LogP contribution in [0.1, 0.15) is 38.3 Å². The number of carboxylic acid groups (broad SMARTS) is 1. The molecule has 1 unspecified atom stereocenters. The van der Waals surface area contributed by atoms with E-state index in [1.54, 1.807) is 0 Å². The van der Waals surface area contributed by atoms with Crippen LogP contribution in [0.5, 0.6) is 5.75 Å². The Bertz CT molecular complexity index is 680. The van der Waals surface area contributed by atoms with Gasteiger partial charge in [0.2, 0.25) is 0 Å². The number of rotatable bonds is 6. The summed E-state index contributed by atoms with van der Waals surface area (Å²) in [7, 11) is 0. The summed E-state index contributed by atoms with van der Waals surface area (Å²) in [5.74, 6) is -3.19. The van der Waals surface area contributed by atoms with E-state index in [1.807, 2.05) is 0 Å². The molecule has 0 saturated carbocycles. The molecule has 0 aliphatic heterocycles. The quantitative estimate of drug-likeness (QED) is 0.710. The SMILES string of the molecule is CCC(Oc1cc(C(F)(F)F)cc(C(F)(F)F)c1)C(=O)NC(C)(C)C(=O)O. The zero-order valence-corrected chi connectivity index (χ0v) is 14.5. The summed E-state index contributed by atoms with van der Waals surface area (Å²) in [6.45, 7) is 3.72. The lowest BCUT2D eigenvalue weighted by Gasteiger charge is -2.25. The highest BCUT2D eigenvalue weighted by atomic mass is 19.4. The highest BCUT2D eigenvalue weighted by Crippen LogP contribution is 2.38. The predicted octanol–water partition coefficient (Wildman–Crippen LogP) is 3.86. The summed E-state index contributed by atoms with van der Waals surface area (Å²) in [5, 5.41) is 11.1. The molecule has 2 N–H and O–H groups in total. The first-order valence-corrected chi connectivity index (χ1v) is 7.59. The van der Waals surface area contributed by atoms with E-state index in [0.29, 0.717) is 12.1 Å². The van der Waals surface area contributed by atoms with E-state index in [4.69, 9.17) is 9.84 Å². The van der Waals surface area contributed by atoms with Gasteiger partial charge in [0.25, 0.3) is 5.91 Å². The maximum Gasteiger partial charge on any atom is 0.416 e. The molecule has 1 amide bonds. The molecule has 152 valence electrons. The monoisotopic (exact) mass is 401 g/mol. The number of benzene rings is 1. The van der Waals surface area contributed by atoms with E-state index in [9.17, 15) is 35.9 Å². The summed E-state index contributed by atoms with van der Waals surface area (Å²) in [5.41, 5.74) is -4.89. The molecule has 1 aromatic rings. The molecule has 0 aliphatic rings. The molecule has 0 heterocycles. The largest absolute Gasteiger partial charge is 0.481 e. The molecule has 0 spiro atoms. The summed E-state index contributed by atoms with van der Waals surface area (Å²) >= 11 is 0. The second-order valence-corrected chi connectivity index (χ2v) is 6.18. The number of aliphatic carboxylic acids is 1. The Balaban J connectivity index is 3.20. The van der Waals surface area contributed by atoms with Crippen molar-refractivity contribution in [2.24, 2.45) is 0 Å². The van der Waals surface area contributed by atoms with Crippen molar-refractivity contribution in [3.05, 3.63) is 29.3 Å². The normalized spacial score (nSPS) is 13.8. The van der Waals surface area contributed by atoms with Crippen molar-refractivity contribution in [3.8, 4) is 5.75 Å². The Morgan fingerprint density at radius 1 is 1.04 bits per heavy atom. The fraction of sp³-hybridized carbons (Fsp3) is 0.500. The third-order valence-corrected chi connectivity index (χ3v) is 3.47. The molecule has 0 fully saturated rings. The van der Waals surface area contributed by atoms with Crippen LogP contribution in [-0.2, 0) is 21.9 Å². The minimum atomic E-state index is -5.06. The lowest BCUT2D eigenvalue weighted by atomic mass is 10.1. The second kappa shape index (κ2) is 7.65. The van der Waals surface area contributed by atoms with Gasteiger partial charge in [-0.05, 0) is 38.5 Å². The van der Waals surface area contributed by atoms with Crippen LogP contribution in [-0.4, -0.2) is 28.6 Å². The fourth-order valence-electron chi connectivity index (χ4n) is 1.92. The van der Waals surface area contributed by atoms with Crippen molar-refractivity contribution in [1.29, 1.82) is 0 Å². The maximum atomic E-state index is 12.9. The van der Waals surface area contributed by atoms with Crippen molar-refractivity contribution in [2.45, 2.75) is 51.2 Å². The average Bonchev–Trinajstić information content (AvgIpc) is 2.49. The van der Waals surface area contributed by atoms with Gasteiger partial charge < -0.3 is 15.2 Å². The highest BCUT2D eigenvalue weighted by Gasteiger charge is 2.38. The minimum absolute atomic E-state index is 0.0680. The lowest BCUT2D eigenvalue weighted by molar-refractivity contribution is -0.147. The molecule has 1 rings (SSSR count). The van der Waals surface area contributed by atoms with Crippen LogP contribution in [0.3, 0.4) is 0 Å². The number of hydrogen-bond acceptors (Lipinski definition) is 3. The molecule has 0 bridgehead atoms. The highest BCUT2D eigenvalue weighted by molar-refractivity contribution is 5.88. The third kappa shape index (κ3) is 6.04. The molecule has 0 radical (unpaired) electrons. The molecular formula is C16H17F6NO4. The Labute approximate surface area is 150 Å². The van der Waals surface area contributed by atoms with Crippen molar-refractivity contribution in [2.75, 3.05) is 0 Å². The van der Waals surface area contributed by atoms with Gasteiger partial charge in [-0.2, -0.15) is 26.3 Å². The van der Waals surface area contributed by atoms with E-state index in [2.05, 4.69) is 5.32 Å². The number of alkyl halides is 6. The van der Waals surface area contributed by atoms with Crippen molar-refractivity contribution < 1.29 is 45.8 Å². The number of carboxylic acids is 1. The van der Waals surface area contributed by atoms with Crippen LogP contribution < -0.4 is 10.1 Å². The van der Waals surface area contributed by atoms with Crippen molar-refractivity contribution in [1.82, 2.24) is 5.32 Å². The number of carbonyl (C=O) groups is 2. The van der Waals surface area contributed by atoms with Crippen LogP contribution >= 0.6 is 0 Å². The molecule has 1 aromatic carbocycles. The van der Waals surface area contributed by atoms with Crippen molar-refractivity contribution in [3.63, 3.8) is 0 Å². The molecule has 0 saturated heterocycles. The minimum Gasteiger partial charge on any atom is -0.481 e. The number of hydrogen-bond donors (Lipinski definition) is 2. The van der Waals surface area contributed by atoms with Gasteiger partial charge >= 0.3 is 18.3 Å². The van der Waals surface area contributed by atoms with Crippen LogP contribution in [0.2, 0.25) is 0 Å². The van der Waals surface area contributed by atoms with E-state index < -0.39 is 52.7 Å². The van der Waals surface area contributed by atoms with E-state index in [0.717, 1.165) is 13.8 Å². The van der Waals surface area contributed by atoms with Gasteiger partial charge in [0, 0.05) is 0 Å². The fourth-order valence-corrected chi connectivity index (χ4v) is 1.92. The Morgan fingerprint density at radius 2 is 1.48 bits per heavy atom. The summed E-state index contributed by atoms with van der Waals surface area (Å²) in [4.78, 5) is 23.1. The predicted molar refractivity (Wildman–Crippen MR) is 81.0 cm³/mol. The Morgan fingerprint density at radius 3 is 1.81 bits per heavy atom. The van der Waals surface area contributed by atoms with Crippen LogP contribution in [0.4, 0.5) is 26.3 Å². The first kappa shape index (κ1) is 22.6. The van der Waals surface area contributed by atoms with Crippen LogP contribution in [0, 0.1) is 0 Å². The molecule has 5 nitrogen and oxygen atoms in total. The van der Waals surface area contributed by atoms with E-state index in [1.165, 1.54) is 6.92 Å². The number of ether oxygens (including phenoxy) is 1. The van der Waals surface area contributed by atoms with Gasteiger partial charge in [-0.25, -0.2) is 4.79 Å². The zero-order valence-electron chi connectivity index (χ0n) is 14.5. The van der Waals surface area contributed by atoms with Crippen LogP contribution in [0.25, 0.3) is 0 Å². The smallest absolute Gasteiger partial charge is 0.416 e. The molecular weight excluding hydrogens is 384 g/mol. The summed E-state index contributed by atoms with van der Waals surface area (Å²) in [6.07, 6.45) is -11.7. The third-order valence-electron chi connectivity index (χ3n) is 3.47. The molecule has 1 atom stereocenters. The first-order chi connectivity index (χ1) is 12.1. The van der Waals surface area contributed by atoms with Crippen LogP contribution in [0.15, 0.2) is 18.2 Å². The average molecular weight is 401 g/mol. The van der Waals surface area contributed by atoms with Gasteiger partial charge in [-0.1, -0.05) is 6.92 Å². The summed E-state index contributed by atoms with van der Waals surface area (Å²) in [6, 6.07) is 0.614. The Hall–Kier alpha value is -2.46. The number of halogens is 6. The molecule has 0 aromatic heterocycles. The van der Waals surface area contributed by atoms with Gasteiger partial charge in [0.15, 0.2) is 6.10 Å². The second-order valence-electron chi connectivity index (χ2n) is 6.18. The lowest BCUT2D eigenvalue weighted by Crippen LogP contribution is -2.53.